The maximum absolute atomic E-state index is 11.2. The van der Waals surface area contributed by atoms with Gasteiger partial charge in [0.2, 0.25) is 0 Å². The molecule has 1 unspecified atom stereocenters. The summed E-state index contributed by atoms with van der Waals surface area (Å²) in [6.45, 7) is 8.48. The van der Waals surface area contributed by atoms with Crippen molar-refractivity contribution in [3.8, 4) is 0 Å². The van der Waals surface area contributed by atoms with Crippen LogP contribution in [0.15, 0.2) is 0 Å². The van der Waals surface area contributed by atoms with Crippen LogP contribution in [0, 0.1) is 5.41 Å². The lowest BCUT2D eigenvalue weighted by Crippen LogP contribution is -2.46. The molecule has 1 atom stereocenters. The fraction of sp³-hybridized carbons (Fsp3) is 0.929. The van der Waals surface area contributed by atoms with Crippen LogP contribution in [0.25, 0.3) is 0 Å². The summed E-state index contributed by atoms with van der Waals surface area (Å²) in [6, 6.07) is 0.969. The molecule has 0 aromatic carbocycles. The van der Waals surface area contributed by atoms with Crippen molar-refractivity contribution in [3.63, 3.8) is 0 Å². The Morgan fingerprint density at radius 1 is 1.26 bits per heavy atom. The molecule has 2 fully saturated rings. The van der Waals surface area contributed by atoms with E-state index in [9.17, 15) is 9.90 Å². The number of rotatable bonds is 4. The highest BCUT2D eigenvalue weighted by Gasteiger charge is 2.35. The van der Waals surface area contributed by atoms with Crippen LogP contribution in [0.3, 0.4) is 0 Å². The molecule has 2 rings (SSSR count). The number of nitrogens with zero attached hydrogens (tertiary/aromatic N) is 2. The average molecular weight is 269 g/mol. The van der Waals surface area contributed by atoms with E-state index in [1.165, 1.54) is 0 Å². The number of carboxylic acids is 1. The Bertz CT molecular complexity index is 325. The Kier molecular flexibility index (Phi) is 4.48. The minimum atomic E-state index is -0.708. The first-order chi connectivity index (χ1) is 8.88. The van der Waals surface area contributed by atoms with E-state index in [-0.39, 0.29) is 0 Å². The molecule has 110 valence electrons. The second-order valence-corrected chi connectivity index (χ2v) is 6.74. The molecule has 0 spiro atoms. The summed E-state index contributed by atoms with van der Waals surface area (Å²) in [5.74, 6) is -0.708. The van der Waals surface area contributed by atoms with E-state index in [2.05, 4.69) is 9.80 Å². The van der Waals surface area contributed by atoms with E-state index in [1.54, 1.807) is 0 Å². The molecule has 0 radical (unpaired) electrons. The second-order valence-electron chi connectivity index (χ2n) is 6.74. The van der Waals surface area contributed by atoms with Gasteiger partial charge in [-0.15, -0.1) is 0 Å². The maximum atomic E-state index is 11.2. The lowest BCUT2D eigenvalue weighted by molar-refractivity contribution is -0.147. The van der Waals surface area contributed by atoms with Gasteiger partial charge in [0, 0.05) is 25.2 Å². The predicted octanol–water partition coefficient (Wildman–Crippen LogP) is 0.595. The Hall–Kier alpha value is -0.650. The molecule has 0 saturated carbocycles. The summed E-state index contributed by atoms with van der Waals surface area (Å²) in [6.07, 6.45) is 3.35. The summed E-state index contributed by atoms with van der Waals surface area (Å²) in [5.41, 5.74) is 5.28. The maximum Gasteiger partial charge on any atom is 0.310 e. The van der Waals surface area contributed by atoms with Gasteiger partial charge in [-0.2, -0.15) is 0 Å². The minimum Gasteiger partial charge on any atom is -0.481 e. The van der Waals surface area contributed by atoms with Crippen LogP contribution in [-0.4, -0.2) is 65.7 Å². The second kappa shape index (κ2) is 5.77. The van der Waals surface area contributed by atoms with Gasteiger partial charge in [-0.05, 0) is 52.7 Å². The lowest BCUT2D eigenvalue weighted by atomic mass is 9.93. The standard InChI is InChI=1S/C14H27N3O2/c1-14(2,13(18)19)10-16-6-5-12(9-16)17-7-3-11(15)4-8-17/h11-12H,3-10,15H2,1-2H3,(H,18,19). The van der Waals surface area contributed by atoms with Gasteiger partial charge in [-0.25, -0.2) is 0 Å². The number of carboxylic acid groups (broad SMARTS) is 1. The third-order valence-corrected chi connectivity index (χ3v) is 4.54. The van der Waals surface area contributed by atoms with Gasteiger partial charge in [-0.1, -0.05) is 0 Å². The quantitative estimate of drug-likeness (QED) is 0.782. The Morgan fingerprint density at radius 3 is 2.47 bits per heavy atom. The molecule has 2 saturated heterocycles. The van der Waals surface area contributed by atoms with Gasteiger partial charge in [0.1, 0.15) is 0 Å². The molecule has 2 aliphatic rings. The van der Waals surface area contributed by atoms with Crippen molar-refractivity contribution in [3.05, 3.63) is 0 Å². The summed E-state index contributed by atoms with van der Waals surface area (Å²) < 4.78 is 0. The van der Waals surface area contributed by atoms with Gasteiger partial charge >= 0.3 is 5.97 Å². The Morgan fingerprint density at radius 2 is 1.89 bits per heavy atom. The van der Waals surface area contributed by atoms with Crippen molar-refractivity contribution in [2.75, 3.05) is 32.7 Å². The highest BCUT2D eigenvalue weighted by molar-refractivity contribution is 5.73. The van der Waals surface area contributed by atoms with Gasteiger partial charge in [-0.3, -0.25) is 9.69 Å². The Balaban J connectivity index is 1.81. The summed E-state index contributed by atoms with van der Waals surface area (Å²) >= 11 is 0. The molecule has 0 amide bonds. The van der Waals surface area contributed by atoms with E-state index in [1.807, 2.05) is 13.8 Å². The normalized spacial score (nSPS) is 27.8. The number of piperidine rings is 1. The molecule has 5 heteroatoms. The van der Waals surface area contributed by atoms with Crippen molar-refractivity contribution in [1.82, 2.24) is 9.80 Å². The number of hydrogen-bond acceptors (Lipinski definition) is 4. The van der Waals surface area contributed by atoms with Crippen LogP contribution >= 0.6 is 0 Å². The molecular weight excluding hydrogens is 242 g/mol. The van der Waals surface area contributed by atoms with Gasteiger partial charge < -0.3 is 15.7 Å². The third kappa shape index (κ3) is 3.68. The molecule has 5 nitrogen and oxygen atoms in total. The number of likely N-dealkylation sites (tertiary alicyclic amines) is 2. The van der Waals surface area contributed by atoms with Crippen molar-refractivity contribution < 1.29 is 9.90 Å². The van der Waals surface area contributed by atoms with Crippen molar-refractivity contribution in [2.24, 2.45) is 11.1 Å². The zero-order valence-corrected chi connectivity index (χ0v) is 12.1. The predicted molar refractivity (Wildman–Crippen MR) is 75.0 cm³/mol. The molecule has 2 aliphatic heterocycles. The van der Waals surface area contributed by atoms with Crippen molar-refractivity contribution >= 4 is 5.97 Å². The zero-order chi connectivity index (χ0) is 14.0. The summed E-state index contributed by atoms with van der Waals surface area (Å²) in [4.78, 5) is 16.0. The first kappa shape index (κ1) is 14.8. The number of aliphatic carboxylic acids is 1. The average Bonchev–Trinajstić information content (AvgIpc) is 2.77. The largest absolute Gasteiger partial charge is 0.481 e. The highest BCUT2D eigenvalue weighted by Crippen LogP contribution is 2.24. The first-order valence-corrected chi connectivity index (χ1v) is 7.34. The molecule has 0 aromatic rings. The molecule has 2 heterocycles. The summed E-state index contributed by atoms with van der Waals surface area (Å²) in [5, 5.41) is 9.19. The van der Waals surface area contributed by atoms with E-state index in [4.69, 9.17) is 5.73 Å². The molecule has 0 aromatic heterocycles. The monoisotopic (exact) mass is 269 g/mol. The fourth-order valence-corrected chi connectivity index (χ4v) is 3.17. The first-order valence-electron chi connectivity index (χ1n) is 7.34. The van der Waals surface area contributed by atoms with Crippen LogP contribution < -0.4 is 5.73 Å². The fourth-order valence-electron chi connectivity index (χ4n) is 3.17. The molecule has 3 N–H and O–H groups in total. The zero-order valence-electron chi connectivity index (χ0n) is 12.1. The van der Waals surface area contributed by atoms with Crippen molar-refractivity contribution in [1.29, 1.82) is 0 Å². The van der Waals surface area contributed by atoms with Gasteiger partial charge in [0.05, 0.1) is 5.41 Å². The smallest absolute Gasteiger partial charge is 0.310 e. The van der Waals surface area contributed by atoms with Gasteiger partial charge in [0.15, 0.2) is 0 Å². The van der Waals surface area contributed by atoms with E-state index in [0.717, 1.165) is 45.4 Å². The number of nitrogens with two attached hydrogens (primary N) is 1. The molecule has 0 bridgehead atoms. The van der Waals surface area contributed by atoms with Crippen LogP contribution in [0.1, 0.15) is 33.1 Å². The van der Waals surface area contributed by atoms with E-state index < -0.39 is 11.4 Å². The lowest BCUT2D eigenvalue weighted by Gasteiger charge is -2.35. The third-order valence-electron chi connectivity index (χ3n) is 4.54. The topological polar surface area (TPSA) is 69.8 Å². The van der Waals surface area contributed by atoms with Crippen LogP contribution in [-0.2, 0) is 4.79 Å². The minimum absolute atomic E-state index is 0.375. The van der Waals surface area contributed by atoms with E-state index in [0.29, 0.717) is 18.6 Å². The van der Waals surface area contributed by atoms with E-state index >= 15 is 0 Å². The van der Waals surface area contributed by atoms with Gasteiger partial charge in [0.25, 0.3) is 0 Å². The summed E-state index contributed by atoms with van der Waals surface area (Å²) in [7, 11) is 0. The van der Waals surface area contributed by atoms with Crippen LogP contribution in [0.5, 0.6) is 0 Å². The molecular formula is C14H27N3O2. The van der Waals surface area contributed by atoms with Crippen LogP contribution in [0.2, 0.25) is 0 Å². The Labute approximate surface area is 115 Å². The number of hydrogen-bond donors (Lipinski definition) is 2. The number of carbonyl (C=O) groups is 1. The van der Waals surface area contributed by atoms with Crippen molar-refractivity contribution in [2.45, 2.75) is 45.2 Å². The highest BCUT2D eigenvalue weighted by atomic mass is 16.4. The SMILES string of the molecule is CC(C)(CN1CCC(N2CCC(N)CC2)C1)C(=O)O. The molecule has 0 aliphatic carbocycles. The van der Waals surface area contributed by atoms with Crippen LogP contribution in [0.4, 0.5) is 0 Å². The molecule has 19 heavy (non-hydrogen) atoms.